The molecule has 2 N–H and O–H groups in total. The lowest BCUT2D eigenvalue weighted by atomic mass is 9.94. The molecule has 0 spiro atoms. The second kappa shape index (κ2) is 12.8. The Bertz CT molecular complexity index is 886. The minimum absolute atomic E-state index is 0.0496. The van der Waals surface area contributed by atoms with E-state index < -0.39 is 6.04 Å². The number of hydrogen-bond donors (Lipinski definition) is 2. The summed E-state index contributed by atoms with van der Waals surface area (Å²) < 4.78 is 0. The molecule has 2 unspecified atom stereocenters. The lowest BCUT2D eigenvalue weighted by Gasteiger charge is -2.27. The van der Waals surface area contributed by atoms with Crippen LogP contribution in [-0.4, -0.2) is 28.9 Å². The average molecular weight is 465 g/mol. The van der Waals surface area contributed by atoms with Gasteiger partial charge in [0.25, 0.3) is 0 Å². The van der Waals surface area contributed by atoms with Gasteiger partial charge in [-0.2, -0.15) is 0 Å². The number of allylic oxidation sites excluding steroid dienone is 2. The molecular weight excluding hydrogens is 428 g/mol. The van der Waals surface area contributed by atoms with Crippen molar-refractivity contribution in [1.82, 2.24) is 10.6 Å². The van der Waals surface area contributed by atoms with Crippen LogP contribution in [0.25, 0.3) is 0 Å². The molecule has 0 radical (unpaired) electrons. The summed E-state index contributed by atoms with van der Waals surface area (Å²) >= 11 is 1.36. The molecule has 1 heterocycles. The molecule has 1 amide bonds. The van der Waals surface area contributed by atoms with Gasteiger partial charge < -0.3 is 5.32 Å². The molecule has 1 fully saturated rings. The summed E-state index contributed by atoms with van der Waals surface area (Å²) in [7, 11) is 0. The molecule has 176 valence electrons. The van der Waals surface area contributed by atoms with Gasteiger partial charge in [-0.3, -0.25) is 14.9 Å². The van der Waals surface area contributed by atoms with Gasteiger partial charge in [-0.1, -0.05) is 91.0 Å². The Morgan fingerprint density at radius 3 is 2.18 bits per heavy atom. The van der Waals surface area contributed by atoms with Crippen LogP contribution >= 0.6 is 11.8 Å². The minimum atomic E-state index is -0.408. The van der Waals surface area contributed by atoms with Crippen molar-refractivity contribution in [3.8, 4) is 0 Å². The van der Waals surface area contributed by atoms with Crippen LogP contribution in [0.5, 0.6) is 0 Å². The van der Waals surface area contributed by atoms with Crippen molar-refractivity contribution in [1.29, 1.82) is 0 Å². The molecule has 0 aromatic heterocycles. The van der Waals surface area contributed by atoms with E-state index in [0.717, 1.165) is 36.1 Å². The Morgan fingerprint density at radius 2 is 1.67 bits per heavy atom. The zero-order valence-electron chi connectivity index (χ0n) is 19.9. The Hall–Kier alpha value is -2.37. The summed E-state index contributed by atoms with van der Waals surface area (Å²) in [5.41, 5.74) is 3.40. The smallest absolute Gasteiger partial charge is 0.237 e. The molecule has 1 aliphatic heterocycles. The number of rotatable bonds is 11. The summed E-state index contributed by atoms with van der Waals surface area (Å²) in [5, 5.41) is 6.84. The standard InChI is InChI=1S/C28H36N2O2S/c1-20(2)11-10-12-21(3)19-25(29-24-17-18-33-28(24)32)27(31)30-26(22-13-6-4-7-14-22)23-15-8-5-9-16-23/h4-9,11,13-16,21,24-26,29H,10,12,17-19H2,1-3H3,(H,30,31)/t21?,24?,25-/m0/s1. The number of carbonyl (C=O) groups is 2. The summed E-state index contributed by atoms with van der Waals surface area (Å²) in [6.07, 6.45) is 5.75. The fraction of sp³-hybridized carbons (Fsp3) is 0.429. The van der Waals surface area contributed by atoms with Crippen LogP contribution in [0.15, 0.2) is 72.3 Å². The predicted octanol–water partition coefficient (Wildman–Crippen LogP) is 5.66. The Balaban J connectivity index is 1.77. The number of nitrogens with one attached hydrogen (secondary N) is 2. The van der Waals surface area contributed by atoms with Crippen molar-refractivity contribution in [2.45, 2.75) is 64.6 Å². The van der Waals surface area contributed by atoms with Gasteiger partial charge in [-0.15, -0.1) is 0 Å². The normalized spacial score (nSPS) is 17.6. The summed E-state index contributed by atoms with van der Waals surface area (Å²) in [6.45, 7) is 6.41. The van der Waals surface area contributed by atoms with E-state index in [-0.39, 0.29) is 23.1 Å². The fourth-order valence-electron chi connectivity index (χ4n) is 4.21. The zero-order valence-corrected chi connectivity index (χ0v) is 20.7. The number of thioether (sulfide) groups is 1. The number of carbonyl (C=O) groups excluding carboxylic acids is 2. The van der Waals surface area contributed by atoms with E-state index in [1.807, 2.05) is 60.7 Å². The first-order chi connectivity index (χ1) is 15.9. The summed E-state index contributed by atoms with van der Waals surface area (Å²) in [6, 6.07) is 19.2. The summed E-state index contributed by atoms with van der Waals surface area (Å²) in [5.74, 6) is 1.13. The lowest BCUT2D eigenvalue weighted by molar-refractivity contribution is -0.124. The van der Waals surface area contributed by atoms with Crippen LogP contribution in [0.1, 0.15) is 63.6 Å². The first-order valence-corrected chi connectivity index (χ1v) is 12.9. The van der Waals surface area contributed by atoms with Crippen LogP contribution in [0, 0.1) is 5.92 Å². The number of benzene rings is 2. The molecule has 2 aromatic carbocycles. The van der Waals surface area contributed by atoms with E-state index in [2.05, 4.69) is 37.5 Å². The van der Waals surface area contributed by atoms with E-state index in [1.165, 1.54) is 17.3 Å². The van der Waals surface area contributed by atoms with E-state index in [9.17, 15) is 9.59 Å². The molecular formula is C28H36N2O2S. The van der Waals surface area contributed by atoms with Crippen LogP contribution in [-0.2, 0) is 9.59 Å². The minimum Gasteiger partial charge on any atom is -0.344 e. The van der Waals surface area contributed by atoms with Gasteiger partial charge in [0.1, 0.15) is 0 Å². The van der Waals surface area contributed by atoms with Gasteiger partial charge in [0.15, 0.2) is 0 Å². The highest BCUT2D eigenvalue weighted by Crippen LogP contribution is 2.25. The average Bonchev–Trinajstić information content (AvgIpc) is 3.22. The van der Waals surface area contributed by atoms with E-state index in [4.69, 9.17) is 0 Å². The fourth-order valence-corrected chi connectivity index (χ4v) is 5.15. The lowest BCUT2D eigenvalue weighted by Crippen LogP contribution is -2.51. The Morgan fingerprint density at radius 1 is 1.06 bits per heavy atom. The van der Waals surface area contributed by atoms with Crippen molar-refractivity contribution in [2.75, 3.05) is 5.75 Å². The second-order valence-electron chi connectivity index (χ2n) is 9.19. The zero-order chi connectivity index (χ0) is 23.6. The van der Waals surface area contributed by atoms with Crippen molar-refractivity contribution in [3.05, 3.63) is 83.4 Å². The molecule has 33 heavy (non-hydrogen) atoms. The maximum atomic E-state index is 13.6. The quantitative estimate of drug-likeness (QED) is 0.422. The second-order valence-corrected chi connectivity index (χ2v) is 10.3. The maximum Gasteiger partial charge on any atom is 0.237 e. The molecule has 2 aromatic rings. The molecule has 1 aliphatic rings. The molecule has 4 nitrogen and oxygen atoms in total. The largest absolute Gasteiger partial charge is 0.344 e. The molecule has 5 heteroatoms. The van der Waals surface area contributed by atoms with Crippen molar-refractivity contribution in [2.24, 2.45) is 5.92 Å². The van der Waals surface area contributed by atoms with Gasteiger partial charge in [0.05, 0.1) is 18.1 Å². The van der Waals surface area contributed by atoms with Crippen molar-refractivity contribution in [3.63, 3.8) is 0 Å². The van der Waals surface area contributed by atoms with Gasteiger partial charge in [-0.25, -0.2) is 0 Å². The first kappa shape index (κ1) is 25.3. The molecule has 3 rings (SSSR count). The highest BCUT2D eigenvalue weighted by molar-refractivity contribution is 8.14. The van der Waals surface area contributed by atoms with Gasteiger partial charge in [-0.05, 0) is 56.6 Å². The third-order valence-corrected chi connectivity index (χ3v) is 7.07. The van der Waals surface area contributed by atoms with Crippen LogP contribution in [0.4, 0.5) is 0 Å². The highest BCUT2D eigenvalue weighted by atomic mass is 32.2. The van der Waals surface area contributed by atoms with Gasteiger partial charge in [0, 0.05) is 5.75 Å². The van der Waals surface area contributed by atoms with Crippen molar-refractivity contribution >= 4 is 22.8 Å². The Labute approximate surface area is 202 Å². The van der Waals surface area contributed by atoms with Crippen molar-refractivity contribution < 1.29 is 9.59 Å². The van der Waals surface area contributed by atoms with Gasteiger partial charge >= 0.3 is 0 Å². The first-order valence-electron chi connectivity index (χ1n) is 11.9. The SMILES string of the molecule is CC(C)=CCCC(C)C[C@H](NC1CCSC1=O)C(=O)NC(c1ccccc1)c1ccccc1. The molecule has 3 atom stereocenters. The predicted molar refractivity (Wildman–Crippen MR) is 138 cm³/mol. The maximum absolute atomic E-state index is 13.6. The topological polar surface area (TPSA) is 58.2 Å². The highest BCUT2D eigenvalue weighted by Gasteiger charge is 2.32. The molecule has 0 saturated carbocycles. The molecule has 1 saturated heterocycles. The third-order valence-electron chi connectivity index (χ3n) is 6.06. The van der Waals surface area contributed by atoms with Crippen LogP contribution in [0.2, 0.25) is 0 Å². The molecule has 0 aliphatic carbocycles. The summed E-state index contributed by atoms with van der Waals surface area (Å²) in [4.78, 5) is 25.9. The number of amides is 1. The van der Waals surface area contributed by atoms with E-state index >= 15 is 0 Å². The van der Waals surface area contributed by atoms with Gasteiger partial charge in [0.2, 0.25) is 11.0 Å². The van der Waals surface area contributed by atoms with E-state index in [0.29, 0.717) is 12.3 Å². The van der Waals surface area contributed by atoms with Crippen LogP contribution < -0.4 is 10.6 Å². The number of hydrogen-bond acceptors (Lipinski definition) is 4. The molecule has 0 bridgehead atoms. The van der Waals surface area contributed by atoms with E-state index in [1.54, 1.807) is 0 Å². The Kier molecular flexibility index (Phi) is 9.76. The third kappa shape index (κ3) is 7.86. The monoisotopic (exact) mass is 464 g/mol. The van der Waals surface area contributed by atoms with Crippen LogP contribution in [0.3, 0.4) is 0 Å².